The van der Waals surface area contributed by atoms with E-state index in [1.807, 2.05) is 0 Å². The molecule has 0 amide bonds. The Morgan fingerprint density at radius 3 is 2.69 bits per heavy atom. The zero-order valence-corrected chi connectivity index (χ0v) is 16.1. The average Bonchev–Trinajstić information content (AvgIpc) is 3.14. The molecule has 0 radical (unpaired) electrons. The van der Waals surface area contributed by atoms with Gasteiger partial charge < -0.3 is 15.3 Å². The second kappa shape index (κ2) is 4.59. The first-order valence-electron chi connectivity index (χ1n) is 10.8. The van der Waals surface area contributed by atoms with Gasteiger partial charge in [-0.05, 0) is 67.4 Å². The Bertz CT molecular complexity index is 695. The summed E-state index contributed by atoms with van der Waals surface area (Å²) in [5, 5.41) is 33.8. The van der Waals surface area contributed by atoms with Gasteiger partial charge in [-0.25, -0.2) is 0 Å². The van der Waals surface area contributed by atoms with Gasteiger partial charge in [0.1, 0.15) is 0 Å². The first-order chi connectivity index (χ1) is 12.3. The molecule has 5 saturated carbocycles. The molecule has 3 N–H and O–H groups in total. The van der Waals surface area contributed by atoms with E-state index in [9.17, 15) is 15.3 Å². The summed E-state index contributed by atoms with van der Waals surface area (Å²) in [6, 6.07) is 0.373. The smallest absolute Gasteiger partial charge is 0.0813 e. The van der Waals surface area contributed by atoms with Gasteiger partial charge in [-0.15, -0.1) is 0 Å². The van der Waals surface area contributed by atoms with Crippen LogP contribution in [0.2, 0.25) is 0 Å². The van der Waals surface area contributed by atoms with Crippen LogP contribution in [0.15, 0.2) is 12.2 Å². The van der Waals surface area contributed by atoms with Crippen molar-refractivity contribution in [2.45, 2.75) is 70.3 Å². The van der Waals surface area contributed by atoms with Crippen LogP contribution in [-0.4, -0.2) is 57.7 Å². The molecule has 6 aliphatic rings. The van der Waals surface area contributed by atoms with Gasteiger partial charge in [0.25, 0.3) is 0 Å². The Labute approximate surface area is 156 Å². The highest BCUT2D eigenvalue weighted by atomic mass is 16.3. The van der Waals surface area contributed by atoms with E-state index in [0.717, 1.165) is 50.8 Å². The standard InChI is InChI=1S/C22H33NO3/c1-4-23-10-20(3)6-5-17(25)22-15(20)7-13(18(22)23)21-9-12(11(2)19(21)26)14(24)8-16(21)22/h12-19,24-26H,2,4-10H2,1,3H3/t12-,13?,14+,15?,16?,17?,18-,19+,20-,21?,22?/m0/s1. The highest BCUT2D eigenvalue weighted by Crippen LogP contribution is 2.83. The van der Waals surface area contributed by atoms with Crippen molar-refractivity contribution >= 4 is 0 Å². The molecule has 0 aromatic carbocycles. The second-order valence-corrected chi connectivity index (χ2v) is 10.9. The lowest BCUT2D eigenvalue weighted by molar-refractivity contribution is -0.218. The fraction of sp³-hybridized carbons (Fsp3) is 0.909. The highest BCUT2D eigenvalue weighted by molar-refractivity contribution is 5.39. The van der Waals surface area contributed by atoms with E-state index >= 15 is 0 Å². The lowest BCUT2D eigenvalue weighted by atomic mass is 9.43. The first kappa shape index (κ1) is 16.5. The number of aliphatic hydroxyl groups excluding tert-OH is 3. The molecule has 4 nitrogen and oxygen atoms in total. The summed E-state index contributed by atoms with van der Waals surface area (Å²) in [6.45, 7) is 11.1. The van der Waals surface area contributed by atoms with Crippen molar-refractivity contribution in [3.05, 3.63) is 12.2 Å². The van der Waals surface area contributed by atoms with Gasteiger partial charge in [-0.3, -0.25) is 4.90 Å². The second-order valence-electron chi connectivity index (χ2n) is 10.9. The van der Waals surface area contributed by atoms with E-state index in [0.29, 0.717) is 17.9 Å². The van der Waals surface area contributed by atoms with Crippen LogP contribution in [0.5, 0.6) is 0 Å². The Kier molecular flexibility index (Phi) is 2.92. The number of piperidine rings is 1. The number of hydrogen-bond acceptors (Lipinski definition) is 4. The predicted octanol–water partition coefficient (Wildman–Crippen LogP) is 1.79. The molecule has 0 aromatic rings. The van der Waals surface area contributed by atoms with E-state index in [1.54, 1.807) is 0 Å². The molecule has 6 unspecified atom stereocenters. The van der Waals surface area contributed by atoms with E-state index in [-0.39, 0.29) is 34.2 Å². The lowest BCUT2D eigenvalue weighted by Crippen LogP contribution is -2.68. The Hall–Kier alpha value is -0.420. The van der Waals surface area contributed by atoms with Crippen LogP contribution in [0, 0.1) is 39.9 Å². The van der Waals surface area contributed by atoms with Crippen LogP contribution < -0.4 is 0 Å². The van der Waals surface area contributed by atoms with Gasteiger partial charge >= 0.3 is 0 Å². The summed E-state index contributed by atoms with van der Waals surface area (Å²) in [4.78, 5) is 2.65. The van der Waals surface area contributed by atoms with Gasteiger partial charge in [0.05, 0.1) is 18.3 Å². The summed E-state index contributed by atoms with van der Waals surface area (Å²) in [6.07, 6.45) is 3.58. The molecule has 26 heavy (non-hydrogen) atoms. The van der Waals surface area contributed by atoms with Gasteiger partial charge in [-0.1, -0.05) is 20.4 Å². The molecule has 6 rings (SSSR count). The normalized spacial score (nSPS) is 65.5. The Morgan fingerprint density at radius 1 is 1.19 bits per heavy atom. The predicted molar refractivity (Wildman–Crippen MR) is 98.2 cm³/mol. The number of fused-ring (bicyclic) bond motifs is 1. The van der Waals surface area contributed by atoms with Crippen LogP contribution in [0.25, 0.3) is 0 Å². The van der Waals surface area contributed by atoms with Crippen molar-refractivity contribution in [1.82, 2.24) is 4.90 Å². The van der Waals surface area contributed by atoms with Gasteiger partial charge in [0, 0.05) is 29.3 Å². The molecule has 6 fully saturated rings. The third kappa shape index (κ3) is 1.37. The van der Waals surface area contributed by atoms with Crippen LogP contribution in [0.1, 0.15) is 46.0 Å². The van der Waals surface area contributed by atoms with Crippen LogP contribution >= 0.6 is 0 Å². The third-order valence-corrected chi connectivity index (χ3v) is 10.6. The molecule has 1 heterocycles. The van der Waals surface area contributed by atoms with Crippen molar-refractivity contribution in [2.75, 3.05) is 13.1 Å². The highest BCUT2D eigenvalue weighted by Gasteiger charge is 2.85. The minimum Gasteiger partial charge on any atom is -0.392 e. The number of nitrogens with zero attached hydrogens (tertiary/aromatic N) is 1. The van der Waals surface area contributed by atoms with Crippen LogP contribution in [-0.2, 0) is 0 Å². The molecule has 4 heteroatoms. The monoisotopic (exact) mass is 359 g/mol. The van der Waals surface area contributed by atoms with Crippen molar-refractivity contribution in [3.63, 3.8) is 0 Å². The lowest BCUT2D eigenvalue weighted by Gasteiger charge is -2.65. The summed E-state index contributed by atoms with van der Waals surface area (Å²) in [5.74, 6) is 1.26. The maximum absolute atomic E-state index is 11.5. The number of likely N-dealkylation sites (tertiary alicyclic amines) is 1. The van der Waals surface area contributed by atoms with Crippen molar-refractivity contribution in [1.29, 1.82) is 0 Å². The van der Waals surface area contributed by atoms with Crippen LogP contribution in [0.3, 0.4) is 0 Å². The summed E-state index contributed by atoms with van der Waals surface area (Å²) in [7, 11) is 0. The SMILES string of the molecule is C=C1[C@@H](O)C23C[C@@H]1[C@H](O)CC2C12C(O)CC[C@@]4(C)CN(CC)[C@H]1C3CC24. The minimum atomic E-state index is -0.500. The zero-order valence-electron chi connectivity index (χ0n) is 16.1. The molecule has 11 atom stereocenters. The molecular weight excluding hydrogens is 326 g/mol. The fourth-order valence-corrected chi connectivity index (χ4v) is 9.97. The third-order valence-electron chi connectivity index (χ3n) is 10.6. The maximum Gasteiger partial charge on any atom is 0.0813 e. The molecule has 5 aliphatic carbocycles. The quantitative estimate of drug-likeness (QED) is 0.625. The topological polar surface area (TPSA) is 63.9 Å². The number of aliphatic hydroxyl groups is 3. The summed E-state index contributed by atoms with van der Waals surface area (Å²) < 4.78 is 0. The van der Waals surface area contributed by atoms with E-state index < -0.39 is 12.2 Å². The molecule has 1 saturated heterocycles. The maximum atomic E-state index is 11.5. The number of rotatable bonds is 1. The van der Waals surface area contributed by atoms with E-state index in [2.05, 4.69) is 25.3 Å². The van der Waals surface area contributed by atoms with Crippen molar-refractivity contribution in [2.24, 2.45) is 39.9 Å². The van der Waals surface area contributed by atoms with E-state index in [1.165, 1.54) is 0 Å². The molecule has 2 spiro atoms. The average molecular weight is 360 g/mol. The summed E-state index contributed by atoms with van der Waals surface area (Å²) in [5.41, 5.74) is 0.849. The molecule has 1 aliphatic heterocycles. The Balaban J connectivity index is 1.61. The zero-order chi connectivity index (χ0) is 18.2. The largest absolute Gasteiger partial charge is 0.392 e. The Morgan fingerprint density at radius 2 is 1.96 bits per heavy atom. The molecule has 144 valence electrons. The molecular formula is C22H33NO3. The van der Waals surface area contributed by atoms with Crippen LogP contribution in [0.4, 0.5) is 0 Å². The van der Waals surface area contributed by atoms with Gasteiger partial charge in [-0.2, -0.15) is 0 Å². The molecule has 7 bridgehead atoms. The van der Waals surface area contributed by atoms with Crippen molar-refractivity contribution in [3.8, 4) is 0 Å². The summed E-state index contributed by atoms with van der Waals surface area (Å²) >= 11 is 0. The molecule has 0 aromatic heterocycles. The minimum absolute atomic E-state index is 0.0547. The number of hydrogen-bond donors (Lipinski definition) is 3. The van der Waals surface area contributed by atoms with Gasteiger partial charge in [0.15, 0.2) is 0 Å². The van der Waals surface area contributed by atoms with Gasteiger partial charge in [0.2, 0.25) is 0 Å². The first-order valence-corrected chi connectivity index (χ1v) is 10.8. The van der Waals surface area contributed by atoms with Crippen molar-refractivity contribution < 1.29 is 15.3 Å². The van der Waals surface area contributed by atoms with E-state index in [4.69, 9.17) is 0 Å². The fourth-order valence-electron chi connectivity index (χ4n) is 9.97.